The predicted molar refractivity (Wildman–Crippen MR) is 85.4 cm³/mol. The van der Waals surface area contributed by atoms with Crippen molar-refractivity contribution in [1.82, 2.24) is 10.8 Å². The minimum atomic E-state index is -4.51. The standard InChI is InChI=1S/C17H17F3N2O3/c1-11(16(24)21-10-17(18,19)20)25-22-15(23)9-13-7-4-6-12-5-2-3-8-14(12)13/h2-8,11H,9-10H2,1H3,(H,21,24)(H,22,23). The summed E-state index contributed by atoms with van der Waals surface area (Å²) in [6, 6.07) is 13.1. The van der Waals surface area contributed by atoms with Gasteiger partial charge >= 0.3 is 6.18 Å². The van der Waals surface area contributed by atoms with Gasteiger partial charge in [0.25, 0.3) is 5.91 Å². The van der Waals surface area contributed by atoms with Gasteiger partial charge in [-0.15, -0.1) is 0 Å². The Morgan fingerprint density at radius 3 is 2.52 bits per heavy atom. The molecule has 0 aromatic heterocycles. The second-order valence-corrected chi connectivity index (χ2v) is 5.43. The molecule has 134 valence electrons. The Morgan fingerprint density at radius 2 is 1.80 bits per heavy atom. The van der Waals surface area contributed by atoms with Gasteiger partial charge in [0.1, 0.15) is 6.54 Å². The lowest BCUT2D eigenvalue weighted by Crippen LogP contribution is -2.43. The normalized spacial score (nSPS) is 12.6. The lowest BCUT2D eigenvalue weighted by molar-refractivity contribution is -0.153. The fraction of sp³-hybridized carbons (Fsp3) is 0.294. The van der Waals surface area contributed by atoms with E-state index in [1.807, 2.05) is 36.4 Å². The lowest BCUT2D eigenvalue weighted by Gasteiger charge is -2.14. The van der Waals surface area contributed by atoms with Crippen LogP contribution in [0.5, 0.6) is 0 Å². The maximum atomic E-state index is 12.0. The Balaban J connectivity index is 1.87. The van der Waals surface area contributed by atoms with Crippen LogP contribution in [0.15, 0.2) is 42.5 Å². The summed E-state index contributed by atoms with van der Waals surface area (Å²) in [5, 5.41) is 3.57. The topological polar surface area (TPSA) is 67.4 Å². The van der Waals surface area contributed by atoms with E-state index in [4.69, 9.17) is 4.84 Å². The highest BCUT2D eigenvalue weighted by Gasteiger charge is 2.29. The first-order valence-corrected chi connectivity index (χ1v) is 7.52. The number of rotatable bonds is 6. The first-order chi connectivity index (χ1) is 11.8. The van der Waals surface area contributed by atoms with Gasteiger partial charge in [0, 0.05) is 0 Å². The molecule has 0 spiro atoms. The van der Waals surface area contributed by atoms with E-state index in [1.54, 1.807) is 11.4 Å². The predicted octanol–water partition coefficient (Wildman–Crippen LogP) is 2.50. The molecule has 25 heavy (non-hydrogen) atoms. The van der Waals surface area contributed by atoms with Crippen molar-refractivity contribution in [1.29, 1.82) is 0 Å². The molecule has 2 aromatic carbocycles. The molecule has 0 saturated carbocycles. The van der Waals surface area contributed by atoms with Crippen LogP contribution in [0.1, 0.15) is 12.5 Å². The molecule has 0 saturated heterocycles. The molecule has 0 fully saturated rings. The zero-order valence-electron chi connectivity index (χ0n) is 13.4. The SMILES string of the molecule is CC(ONC(=O)Cc1cccc2ccccc12)C(=O)NCC(F)(F)F. The Kier molecular flexibility index (Phi) is 5.97. The summed E-state index contributed by atoms with van der Waals surface area (Å²) < 4.78 is 36.1. The molecule has 1 unspecified atom stereocenters. The van der Waals surface area contributed by atoms with Crippen molar-refractivity contribution in [3.63, 3.8) is 0 Å². The fourth-order valence-electron chi connectivity index (χ4n) is 2.19. The number of amides is 2. The van der Waals surface area contributed by atoms with Crippen molar-refractivity contribution in [2.45, 2.75) is 25.6 Å². The monoisotopic (exact) mass is 354 g/mol. The average molecular weight is 354 g/mol. The average Bonchev–Trinajstić information content (AvgIpc) is 2.57. The molecule has 0 bridgehead atoms. The van der Waals surface area contributed by atoms with Crippen molar-refractivity contribution >= 4 is 22.6 Å². The smallest absolute Gasteiger partial charge is 0.345 e. The van der Waals surface area contributed by atoms with Crippen LogP contribution in [0.2, 0.25) is 0 Å². The van der Waals surface area contributed by atoms with Gasteiger partial charge in [0.05, 0.1) is 6.42 Å². The highest BCUT2D eigenvalue weighted by molar-refractivity contribution is 5.90. The molecule has 0 heterocycles. The number of alkyl halides is 3. The van der Waals surface area contributed by atoms with Crippen LogP contribution in [0, 0.1) is 0 Å². The van der Waals surface area contributed by atoms with E-state index in [1.165, 1.54) is 6.92 Å². The first-order valence-electron chi connectivity index (χ1n) is 7.52. The number of carbonyl (C=O) groups excluding carboxylic acids is 2. The van der Waals surface area contributed by atoms with Crippen molar-refractivity contribution < 1.29 is 27.6 Å². The van der Waals surface area contributed by atoms with E-state index < -0.39 is 30.6 Å². The first kappa shape index (κ1) is 18.7. The summed E-state index contributed by atoms with van der Waals surface area (Å²) in [6.45, 7) is -0.215. The molecule has 2 N–H and O–H groups in total. The third kappa shape index (κ3) is 5.75. The van der Waals surface area contributed by atoms with Crippen LogP contribution in [0.3, 0.4) is 0 Å². The number of nitrogens with one attached hydrogen (secondary N) is 2. The van der Waals surface area contributed by atoms with E-state index in [2.05, 4.69) is 5.48 Å². The minimum Gasteiger partial charge on any atom is -0.345 e. The number of carbonyl (C=O) groups is 2. The van der Waals surface area contributed by atoms with Crippen LogP contribution in [0.25, 0.3) is 10.8 Å². The van der Waals surface area contributed by atoms with Crippen molar-refractivity contribution in [3.05, 3.63) is 48.0 Å². The van der Waals surface area contributed by atoms with Crippen LogP contribution >= 0.6 is 0 Å². The molecule has 2 amide bonds. The molecule has 0 aliphatic carbocycles. The van der Waals surface area contributed by atoms with Crippen molar-refractivity contribution in [2.75, 3.05) is 6.54 Å². The number of benzene rings is 2. The van der Waals surface area contributed by atoms with Gasteiger partial charge in [0.15, 0.2) is 6.10 Å². The zero-order chi connectivity index (χ0) is 18.4. The molecule has 0 radical (unpaired) electrons. The highest BCUT2D eigenvalue weighted by Crippen LogP contribution is 2.18. The molecule has 5 nitrogen and oxygen atoms in total. The van der Waals surface area contributed by atoms with Gasteiger partial charge in [-0.3, -0.25) is 14.4 Å². The molecule has 0 aliphatic rings. The van der Waals surface area contributed by atoms with E-state index in [9.17, 15) is 22.8 Å². The molecule has 1 atom stereocenters. The fourth-order valence-corrected chi connectivity index (χ4v) is 2.19. The van der Waals surface area contributed by atoms with Gasteiger partial charge < -0.3 is 5.32 Å². The van der Waals surface area contributed by atoms with Crippen molar-refractivity contribution in [2.24, 2.45) is 0 Å². The second-order valence-electron chi connectivity index (χ2n) is 5.43. The number of hydrogen-bond acceptors (Lipinski definition) is 3. The molecular weight excluding hydrogens is 337 g/mol. The Bertz CT molecular complexity index is 757. The van der Waals surface area contributed by atoms with E-state index >= 15 is 0 Å². The zero-order valence-corrected chi connectivity index (χ0v) is 13.4. The third-order valence-corrected chi connectivity index (χ3v) is 3.41. The quantitative estimate of drug-likeness (QED) is 0.784. The summed E-state index contributed by atoms with van der Waals surface area (Å²) in [7, 11) is 0. The van der Waals surface area contributed by atoms with Crippen molar-refractivity contribution in [3.8, 4) is 0 Å². The molecule has 2 aromatic rings. The summed E-state index contributed by atoms with van der Waals surface area (Å²) >= 11 is 0. The maximum absolute atomic E-state index is 12.0. The van der Waals surface area contributed by atoms with Gasteiger partial charge in [0.2, 0.25) is 5.91 Å². The van der Waals surface area contributed by atoms with E-state index in [0.717, 1.165) is 16.3 Å². The van der Waals surface area contributed by atoms with Gasteiger partial charge in [-0.05, 0) is 23.3 Å². The van der Waals surface area contributed by atoms with Gasteiger partial charge in [-0.2, -0.15) is 13.2 Å². The largest absolute Gasteiger partial charge is 0.405 e. The summed E-state index contributed by atoms with van der Waals surface area (Å²) in [5.74, 6) is -1.48. The van der Waals surface area contributed by atoms with Crippen LogP contribution in [-0.2, 0) is 20.8 Å². The van der Waals surface area contributed by atoms with Crippen LogP contribution in [-0.4, -0.2) is 30.6 Å². The maximum Gasteiger partial charge on any atom is 0.405 e. The van der Waals surface area contributed by atoms with E-state index in [0.29, 0.717) is 0 Å². The molecule has 8 heteroatoms. The minimum absolute atomic E-state index is 0.0121. The van der Waals surface area contributed by atoms with Crippen LogP contribution in [0.4, 0.5) is 13.2 Å². The van der Waals surface area contributed by atoms with Gasteiger partial charge in [-0.25, -0.2) is 5.48 Å². The second kappa shape index (κ2) is 7.98. The molecule has 2 rings (SSSR count). The van der Waals surface area contributed by atoms with Gasteiger partial charge in [-0.1, -0.05) is 42.5 Å². The number of halogens is 3. The Labute approximate surface area is 142 Å². The Hall–Kier alpha value is -2.61. The summed E-state index contributed by atoms with van der Waals surface area (Å²) in [4.78, 5) is 28.2. The third-order valence-electron chi connectivity index (χ3n) is 3.41. The van der Waals surface area contributed by atoms with Crippen LogP contribution < -0.4 is 10.8 Å². The summed E-state index contributed by atoms with van der Waals surface area (Å²) in [6.07, 6.45) is -5.75. The lowest BCUT2D eigenvalue weighted by atomic mass is 10.0. The molecule has 0 aliphatic heterocycles. The summed E-state index contributed by atoms with van der Waals surface area (Å²) in [5.41, 5.74) is 2.86. The Morgan fingerprint density at radius 1 is 1.12 bits per heavy atom. The van der Waals surface area contributed by atoms with E-state index in [-0.39, 0.29) is 6.42 Å². The number of hydroxylamine groups is 1. The molecular formula is C17H17F3N2O3. The highest BCUT2D eigenvalue weighted by atomic mass is 19.4. The number of hydrogen-bond donors (Lipinski definition) is 2. The number of fused-ring (bicyclic) bond motifs is 1.